The molecule has 12 nitrogen and oxygen atoms in total. The Kier molecular flexibility index (Phi) is 41.7. The molecule has 0 spiro atoms. The molecule has 0 aromatic rings. The van der Waals surface area contributed by atoms with Crippen LogP contribution in [0.25, 0.3) is 0 Å². The summed E-state index contributed by atoms with van der Waals surface area (Å²) >= 11 is 0. The van der Waals surface area contributed by atoms with Gasteiger partial charge in [-0.2, -0.15) is 8.42 Å². The van der Waals surface area contributed by atoms with Gasteiger partial charge in [0.05, 0.1) is 25.4 Å². The molecule has 7 atom stereocenters. The molecule has 1 heterocycles. The summed E-state index contributed by atoms with van der Waals surface area (Å²) in [4.78, 5) is 13.1. The molecule has 1 fully saturated rings. The molecule has 0 aromatic carbocycles. The third-order valence-corrected chi connectivity index (χ3v) is 13.8. The lowest BCUT2D eigenvalue weighted by Crippen LogP contribution is -2.61. The summed E-state index contributed by atoms with van der Waals surface area (Å²) in [6, 6.07) is -0.939. The van der Waals surface area contributed by atoms with Crippen molar-refractivity contribution in [3.63, 3.8) is 0 Å². The first kappa shape index (κ1) is 62.9. The van der Waals surface area contributed by atoms with Crippen LogP contribution < -0.4 is 5.32 Å². The van der Waals surface area contributed by atoms with Gasteiger partial charge in [-0.1, -0.05) is 251 Å². The van der Waals surface area contributed by atoms with E-state index in [2.05, 4.69) is 23.3 Å². The van der Waals surface area contributed by atoms with Gasteiger partial charge < -0.3 is 35.2 Å². The van der Waals surface area contributed by atoms with Crippen LogP contribution in [0.1, 0.15) is 264 Å². The summed E-state index contributed by atoms with van der Waals surface area (Å²) < 4.78 is 47.8. The maximum absolute atomic E-state index is 13.1. The maximum Gasteiger partial charge on any atom is 0.397 e. The number of amides is 1. The summed E-state index contributed by atoms with van der Waals surface area (Å²) in [6.45, 7) is 3.43. The summed E-state index contributed by atoms with van der Waals surface area (Å²) in [5, 5.41) is 44.9. The second-order valence-electron chi connectivity index (χ2n) is 19.5. The van der Waals surface area contributed by atoms with E-state index in [0.29, 0.717) is 6.42 Å². The minimum atomic E-state index is -5.09. The molecule has 1 aliphatic heterocycles. The smallest absolute Gasteiger partial charge is 0.394 e. The summed E-state index contributed by atoms with van der Waals surface area (Å²) in [6.07, 6.45) is 42.5. The van der Waals surface area contributed by atoms with Crippen molar-refractivity contribution >= 4 is 16.3 Å². The molecule has 7 unspecified atom stereocenters. The highest BCUT2D eigenvalue weighted by Crippen LogP contribution is 2.26. The van der Waals surface area contributed by atoms with Crippen LogP contribution in [0, 0.1) is 0 Å². The number of hydrogen-bond acceptors (Lipinski definition) is 10. The lowest BCUT2D eigenvalue weighted by molar-refractivity contribution is -0.298. The Morgan fingerprint density at radius 1 is 0.591 bits per heavy atom. The number of aliphatic hydroxyl groups excluding tert-OH is 4. The molecule has 6 N–H and O–H groups in total. The van der Waals surface area contributed by atoms with E-state index in [-0.39, 0.29) is 18.9 Å². The second kappa shape index (κ2) is 43.8. The molecule has 392 valence electrons. The van der Waals surface area contributed by atoms with Crippen molar-refractivity contribution < 1.29 is 51.8 Å². The highest BCUT2D eigenvalue weighted by molar-refractivity contribution is 7.80. The molecule has 1 saturated heterocycles. The summed E-state index contributed by atoms with van der Waals surface area (Å²) in [5.74, 6) is -0.257. The first-order valence-corrected chi connectivity index (χ1v) is 28.9. The number of unbranched alkanes of at least 4 members (excludes halogenated alkanes) is 36. The molecule has 0 aromatic heterocycles. The van der Waals surface area contributed by atoms with Crippen LogP contribution in [-0.2, 0) is 28.9 Å². The molecule has 1 aliphatic rings. The average molecular weight is 962 g/mol. The zero-order valence-corrected chi connectivity index (χ0v) is 43.1. The molecule has 0 aliphatic carbocycles. The normalized spacial score (nSPS) is 20.0. The molecule has 0 bridgehead atoms. The maximum atomic E-state index is 13.1. The van der Waals surface area contributed by atoms with E-state index in [0.717, 1.165) is 38.5 Å². The van der Waals surface area contributed by atoms with E-state index in [1.54, 1.807) is 6.08 Å². The zero-order chi connectivity index (χ0) is 48.4. The van der Waals surface area contributed by atoms with Crippen molar-refractivity contribution in [1.29, 1.82) is 0 Å². The van der Waals surface area contributed by atoms with Crippen LogP contribution in [0.15, 0.2) is 12.2 Å². The lowest BCUT2D eigenvalue weighted by atomic mass is 9.99. The molecule has 0 radical (unpaired) electrons. The van der Waals surface area contributed by atoms with Crippen LogP contribution in [0.3, 0.4) is 0 Å². The Labute approximate surface area is 404 Å². The van der Waals surface area contributed by atoms with Crippen LogP contribution in [0.5, 0.6) is 0 Å². The monoisotopic (exact) mass is 962 g/mol. The van der Waals surface area contributed by atoms with E-state index >= 15 is 0 Å². The van der Waals surface area contributed by atoms with Gasteiger partial charge >= 0.3 is 10.4 Å². The van der Waals surface area contributed by atoms with E-state index in [4.69, 9.17) is 9.47 Å². The highest BCUT2D eigenvalue weighted by Gasteiger charge is 2.48. The number of rotatable bonds is 48. The van der Waals surface area contributed by atoms with Gasteiger partial charge in [-0.05, 0) is 19.3 Å². The predicted molar refractivity (Wildman–Crippen MR) is 269 cm³/mol. The number of carbonyl (C=O) groups excluding carboxylic acids is 1. The molecule has 66 heavy (non-hydrogen) atoms. The standard InChI is InChI=1S/C53H103NO11S/c1-3-5-7-9-11-13-15-17-19-21-23-24-25-26-28-30-32-34-36-38-40-42-47(56)46(45-63-53-51(59)52(65-66(60,61)62)50(58)48(44-55)64-53)54-49(57)43-41-39-37-35-33-31-29-27-22-20-18-16-14-12-10-8-6-4-2/h40,42,46-48,50-53,55-56,58-59H,3-39,41,43-45H2,1-2H3,(H,54,57)(H,60,61,62)/b42-40+. The highest BCUT2D eigenvalue weighted by atomic mass is 32.3. The van der Waals surface area contributed by atoms with Gasteiger partial charge in [0.1, 0.15) is 24.4 Å². The van der Waals surface area contributed by atoms with Gasteiger partial charge in [0, 0.05) is 6.42 Å². The SMILES string of the molecule is CCCCCCCCCCCCCCCCCCCCC/C=C/C(O)C(COC1OC(CO)C(O)C(OS(=O)(=O)O)C1O)NC(=O)CCCCCCCCCCCCCCCCCCCC. The molecule has 1 rings (SSSR count). The average Bonchev–Trinajstić information content (AvgIpc) is 3.29. The van der Waals surface area contributed by atoms with E-state index in [1.807, 2.05) is 6.08 Å². The van der Waals surface area contributed by atoms with Gasteiger partial charge in [0.15, 0.2) is 6.29 Å². The number of nitrogens with one attached hydrogen (secondary N) is 1. The summed E-state index contributed by atoms with van der Waals surface area (Å²) in [5.41, 5.74) is 0. The van der Waals surface area contributed by atoms with Gasteiger partial charge in [0.25, 0.3) is 0 Å². The van der Waals surface area contributed by atoms with E-state index < -0.39 is 59.9 Å². The fourth-order valence-corrected chi connectivity index (χ4v) is 9.55. The number of carbonyl (C=O) groups is 1. The number of ether oxygens (including phenoxy) is 2. The van der Waals surface area contributed by atoms with Crippen molar-refractivity contribution in [2.24, 2.45) is 0 Å². The first-order valence-electron chi connectivity index (χ1n) is 27.6. The van der Waals surface area contributed by atoms with Gasteiger partial charge in [-0.15, -0.1) is 0 Å². The van der Waals surface area contributed by atoms with Crippen LogP contribution in [0.2, 0.25) is 0 Å². The van der Waals surface area contributed by atoms with Gasteiger partial charge in [0.2, 0.25) is 5.91 Å². The minimum absolute atomic E-state index is 0.257. The fourth-order valence-electron chi connectivity index (χ4n) is 9.05. The Bertz CT molecular complexity index is 1220. The quantitative estimate of drug-likeness (QED) is 0.0193. The van der Waals surface area contributed by atoms with Crippen molar-refractivity contribution in [2.75, 3.05) is 13.2 Å². The van der Waals surface area contributed by atoms with Crippen molar-refractivity contribution in [3.8, 4) is 0 Å². The topological polar surface area (TPSA) is 192 Å². The third-order valence-electron chi connectivity index (χ3n) is 13.3. The Morgan fingerprint density at radius 3 is 1.32 bits per heavy atom. The van der Waals surface area contributed by atoms with Crippen LogP contribution in [-0.4, -0.2) is 95.4 Å². The Morgan fingerprint density at radius 2 is 0.955 bits per heavy atom. The predicted octanol–water partition coefficient (Wildman–Crippen LogP) is 12.3. The Hall–Kier alpha value is -1.16. The third kappa shape index (κ3) is 35.9. The molecular formula is C53H103NO11S. The molecule has 1 amide bonds. The summed E-state index contributed by atoms with van der Waals surface area (Å²) in [7, 11) is -5.09. The largest absolute Gasteiger partial charge is 0.397 e. The number of aliphatic hydroxyl groups is 4. The van der Waals surface area contributed by atoms with Gasteiger partial charge in [-0.25, -0.2) is 4.18 Å². The molecular weight excluding hydrogens is 859 g/mol. The van der Waals surface area contributed by atoms with E-state index in [9.17, 15) is 38.2 Å². The molecule has 0 saturated carbocycles. The van der Waals surface area contributed by atoms with Crippen molar-refractivity contribution in [1.82, 2.24) is 5.32 Å². The Balaban J connectivity index is 2.41. The van der Waals surface area contributed by atoms with Crippen molar-refractivity contribution in [2.45, 2.75) is 307 Å². The number of allylic oxidation sites excluding steroid dienone is 1. The van der Waals surface area contributed by atoms with E-state index in [1.165, 1.54) is 199 Å². The second-order valence-corrected chi connectivity index (χ2v) is 20.6. The zero-order valence-electron chi connectivity index (χ0n) is 42.3. The van der Waals surface area contributed by atoms with Gasteiger partial charge in [-0.3, -0.25) is 9.35 Å². The van der Waals surface area contributed by atoms with Crippen LogP contribution >= 0.6 is 0 Å². The van der Waals surface area contributed by atoms with Crippen LogP contribution in [0.4, 0.5) is 0 Å². The first-order chi connectivity index (χ1) is 32.0. The molecule has 13 heteroatoms. The fraction of sp³-hybridized carbons (Fsp3) is 0.943. The lowest BCUT2D eigenvalue weighted by Gasteiger charge is -2.41. The van der Waals surface area contributed by atoms with Crippen molar-refractivity contribution in [3.05, 3.63) is 12.2 Å². The minimum Gasteiger partial charge on any atom is -0.394 e. The number of hydrogen-bond donors (Lipinski definition) is 6.